The average Bonchev–Trinajstić information content (AvgIpc) is 2.78. The van der Waals surface area contributed by atoms with Gasteiger partial charge in [0.15, 0.2) is 11.6 Å². The number of alkyl halides is 1. The van der Waals surface area contributed by atoms with E-state index in [9.17, 15) is 18.0 Å². The molecule has 0 spiro atoms. The highest BCUT2D eigenvalue weighted by atomic mass is 19.1. The molecule has 0 saturated carbocycles. The number of benzene rings is 2. The molecule has 166 valence electrons. The van der Waals surface area contributed by atoms with Crippen LogP contribution in [-0.2, 0) is 19.5 Å². The second kappa shape index (κ2) is 9.82. The maximum atomic E-state index is 13.9. The zero-order chi connectivity index (χ0) is 22.5. The molecule has 8 heteroatoms. The lowest BCUT2D eigenvalue weighted by atomic mass is 9.98. The number of nitrogens with one attached hydrogen (secondary N) is 1. The third kappa shape index (κ3) is 5.08. The molecule has 5 nitrogen and oxygen atoms in total. The highest BCUT2D eigenvalue weighted by Gasteiger charge is 2.25. The minimum atomic E-state index is -0.817. The standard InChI is InChI=1S/C24H22F3N3O2/c25-9-10-28-14-18-2-1-3-19(29-18)15-30-11-8-16-4-6-20(13-21(16)24(30)31)32-23-7-5-17(26)12-22(23)27/h1-7,12-13,28H,8-11,14-15H2. The monoisotopic (exact) mass is 441 g/mol. The summed E-state index contributed by atoms with van der Waals surface area (Å²) in [7, 11) is 0. The molecule has 0 unspecified atom stereocenters. The lowest BCUT2D eigenvalue weighted by molar-refractivity contribution is 0.0724. The second-order valence-corrected chi connectivity index (χ2v) is 7.46. The summed E-state index contributed by atoms with van der Waals surface area (Å²) >= 11 is 0. The Labute approximate surface area is 183 Å². The van der Waals surface area contributed by atoms with Gasteiger partial charge in [-0.25, -0.2) is 13.2 Å². The fourth-order valence-corrected chi connectivity index (χ4v) is 3.59. The minimum Gasteiger partial charge on any atom is -0.454 e. The quantitative estimate of drug-likeness (QED) is 0.526. The van der Waals surface area contributed by atoms with Crippen molar-refractivity contribution >= 4 is 5.91 Å². The van der Waals surface area contributed by atoms with Crippen LogP contribution in [0, 0.1) is 11.6 Å². The molecule has 32 heavy (non-hydrogen) atoms. The van der Waals surface area contributed by atoms with Crippen molar-refractivity contribution in [1.82, 2.24) is 15.2 Å². The first-order valence-corrected chi connectivity index (χ1v) is 10.3. The van der Waals surface area contributed by atoms with Crippen molar-refractivity contribution in [3.05, 3.63) is 88.7 Å². The molecule has 1 N–H and O–H groups in total. The molecule has 0 aliphatic carbocycles. The van der Waals surface area contributed by atoms with Gasteiger partial charge in [0.2, 0.25) is 0 Å². The van der Waals surface area contributed by atoms with Gasteiger partial charge in [0, 0.05) is 31.3 Å². The first kappa shape index (κ1) is 21.8. The number of pyridine rings is 1. The summed E-state index contributed by atoms with van der Waals surface area (Å²) in [6, 6.07) is 13.7. The van der Waals surface area contributed by atoms with Crippen molar-refractivity contribution < 1.29 is 22.7 Å². The summed E-state index contributed by atoms with van der Waals surface area (Å²) in [5, 5.41) is 2.96. The fraction of sp³-hybridized carbons (Fsp3) is 0.250. The van der Waals surface area contributed by atoms with Gasteiger partial charge in [-0.05, 0) is 48.4 Å². The first-order chi connectivity index (χ1) is 15.5. The Balaban J connectivity index is 1.48. The van der Waals surface area contributed by atoms with Gasteiger partial charge in [-0.2, -0.15) is 0 Å². The summed E-state index contributed by atoms with van der Waals surface area (Å²) in [4.78, 5) is 19.3. The Morgan fingerprint density at radius 2 is 1.91 bits per heavy atom. The predicted molar refractivity (Wildman–Crippen MR) is 113 cm³/mol. The zero-order valence-corrected chi connectivity index (χ0v) is 17.3. The maximum absolute atomic E-state index is 13.9. The number of amides is 1. The number of ether oxygens (including phenoxy) is 1. The van der Waals surface area contributed by atoms with E-state index in [4.69, 9.17) is 4.74 Å². The second-order valence-electron chi connectivity index (χ2n) is 7.46. The normalized spacial score (nSPS) is 13.2. The lowest BCUT2D eigenvalue weighted by Crippen LogP contribution is -2.37. The summed E-state index contributed by atoms with van der Waals surface area (Å²) < 4.78 is 44.8. The smallest absolute Gasteiger partial charge is 0.254 e. The van der Waals surface area contributed by atoms with Crippen LogP contribution in [0.2, 0.25) is 0 Å². The van der Waals surface area contributed by atoms with Crippen molar-refractivity contribution in [2.75, 3.05) is 19.8 Å². The van der Waals surface area contributed by atoms with Gasteiger partial charge in [-0.3, -0.25) is 9.78 Å². The number of carbonyl (C=O) groups excluding carboxylic acids is 1. The number of fused-ring (bicyclic) bond motifs is 1. The molecule has 1 aliphatic heterocycles. The van der Waals surface area contributed by atoms with Crippen LogP contribution in [0.25, 0.3) is 0 Å². The van der Waals surface area contributed by atoms with Crippen LogP contribution in [0.1, 0.15) is 27.3 Å². The predicted octanol–water partition coefficient (Wildman–Crippen LogP) is 4.41. The molecule has 4 rings (SSSR count). The Morgan fingerprint density at radius 3 is 2.72 bits per heavy atom. The van der Waals surface area contributed by atoms with Gasteiger partial charge in [-0.15, -0.1) is 0 Å². The Morgan fingerprint density at radius 1 is 1.06 bits per heavy atom. The van der Waals surface area contributed by atoms with E-state index in [1.807, 2.05) is 18.2 Å². The molecule has 0 atom stereocenters. The maximum Gasteiger partial charge on any atom is 0.254 e. The molecular formula is C24H22F3N3O2. The number of rotatable bonds is 8. The van der Waals surface area contributed by atoms with Crippen LogP contribution in [0.3, 0.4) is 0 Å². The van der Waals surface area contributed by atoms with Crippen LogP contribution in [-0.4, -0.2) is 35.6 Å². The van der Waals surface area contributed by atoms with Gasteiger partial charge in [0.1, 0.15) is 18.2 Å². The third-order valence-corrected chi connectivity index (χ3v) is 5.17. The number of carbonyl (C=O) groups is 1. The Hall–Kier alpha value is -3.39. The minimum absolute atomic E-state index is 0.117. The van der Waals surface area contributed by atoms with E-state index in [0.717, 1.165) is 29.1 Å². The molecular weight excluding hydrogens is 419 g/mol. The number of hydrogen-bond acceptors (Lipinski definition) is 4. The third-order valence-electron chi connectivity index (χ3n) is 5.17. The molecule has 0 radical (unpaired) electrons. The van der Waals surface area contributed by atoms with E-state index >= 15 is 0 Å². The highest BCUT2D eigenvalue weighted by Crippen LogP contribution is 2.29. The summed E-state index contributed by atoms with van der Waals surface area (Å²) in [5.74, 6) is -1.50. The van der Waals surface area contributed by atoms with Gasteiger partial charge < -0.3 is 15.0 Å². The Bertz CT molecular complexity index is 1120. The van der Waals surface area contributed by atoms with Gasteiger partial charge in [0.05, 0.1) is 17.9 Å². The van der Waals surface area contributed by atoms with Crippen LogP contribution in [0.5, 0.6) is 11.5 Å². The lowest BCUT2D eigenvalue weighted by Gasteiger charge is -2.28. The van der Waals surface area contributed by atoms with Crippen molar-refractivity contribution in [2.24, 2.45) is 0 Å². The number of aromatic nitrogens is 1. The molecule has 1 aromatic heterocycles. The molecule has 1 amide bonds. The SMILES string of the molecule is O=C1c2cc(Oc3ccc(F)cc3F)ccc2CCN1Cc1cccc(CNCCF)n1. The van der Waals surface area contributed by atoms with Crippen molar-refractivity contribution in [2.45, 2.75) is 19.5 Å². The van der Waals surface area contributed by atoms with E-state index in [-0.39, 0.29) is 18.2 Å². The molecule has 1 aliphatic rings. The van der Waals surface area contributed by atoms with E-state index in [2.05, 4.69) is 10.3 Å². The first-order valence-electron chi connectivity index (χ1n) is 10.3. The zero-order valence-electron chi connectivity index (χ0n) is 17.3. The summed E-state index contributed by atoms with van der Waals surface area (Å²) in [5.41, 5.74) is 2.88. The number of nitrogens with zero attached hydrogens (tertiary/aromatic N) is 2. The van der Waals surface area contributed by atoms with Crippen molar-refractivity contribution in [3.63, 3.8) is 0 Å². The van der Waals surface area contributed by atoms with Crippen LogP contribution in [0.15, 0.2) is 54.6 Å². The highest BCUT2D eigenvalue weighted by molar-refractivity contribution is 5.97. The average molecular weight is 441 g/mol. The fourth-order valence-electron chi connectivity index (χ4n) is 3.59. The van der Waals surface area contributed by atoms with Gasteiger partial charge in [0.25, 0.3) is 5.91 Å². The molecule has 2 heterocycles. The van der Waals surface area contributed by atoms with Crippen molar-refractivity contribution in [3.8, 4) is 11.5 Å². The molecule has 2 aromatic carbocycles. The van der Waals surface area contributed by atoms with Gasteiger partial charge in [-0.1, -0.05) is 12.1 Å². The van der Waals surface area contributed by atoms with Gasteiger partial charge >= 0.3 is 0 Å². The molecule has 0 saturated heterocycles. The largest absolute Gasteiger partial charge is 0.454 e. The Kier molecular flexibility index (Phi) is 6.70. The van der Waals surface area contributed by atoms with Crippen LogP contribution in [0.4, 0.5) is 13.2 Å². The molecule has 3 aromatic rings. The van der Waals surface area contributed by atoms with Crippen LogP contribution < -0.4 is 10.1 Å². The van der Waals surface area contributed by atoms with Crippen LogP contribution >= 0.6 is 0 Å². The van der Waals surface area contributed by atoms with Crippen molar-refractivity contribution in [1.29, 1.82) is 0 Å². The van der Waals surface area contributed by atoms with E-state index in [0.29, 0.717) is 37.4 Å². The molecule has 0 bridgehead atoms. The van der Waals surface area contributed by atoms with E-state index in [1.165, 1.54) is 6.07 Å². The number of hydrogen-bond donors (Lipinski definition) is 1. The topological polar surface area (TPSA) is 54.5 Å². The summed E-state index contributed by atoms with van der Waals surface area (Å²) in [6.45, 7) is 1.16. The van der Waals surface area contributed by atoms with E-state index in [1.54, 1.807) is 23.1 Å². The molecule has 0 fully saturated rings. The number of halogens is 3. The van der Waals surface area contributed by atoms with E-state index < -0.39 is 18.3 Å². The summed E-state index contributed by atoms with van der Waals surface area (Å²) in [6.07, 6.45) is 0.671.